The minimum absolute atomic E-state index is 0.0243. The smallest absolute Gasteiger partial charge is 0.311 e. The molecule has 0 radical (unpaired) electrons. The van der Waals surface area contributed by atoms with Crippen molar-refractivity contribution in [1.82, 2.24) is 0 Å². The Bertz CT molecular complexity index is 176. The summed E-state index contributed by atoms with van der Waals surface area (Å²) in [5.41, 5.74) is -0.494. The van der Waals surface area contributed by atoms with Gasteiger partial charge in [0.1, 0.15) is 6.42 Å². The van der Waals surface area contributed by atoms with Crippen LogP contribution in [0.2, 0.25) is 0 Å². The Labute approximate surface area is 53.1 Å². The third kappa shape index (κ3) is 1.20. The fourth-order valence-corrected chi connectivity index (χ4v) is 0.754. The maximum atomic E-state index is 10.1. The fourth-order valence-electron chi connectivity index (χ4n) is 0.754. The normalized spacial score (nSPS) is 20.3. The molecular weight excluding hydrogens is 118 g/mol. The van der Waals surface area contributed by atoms with Gasteiger partial charge >= 0.3 is 5.97 Å². The van der Waals surface area contributed by atoms with Gasteiger partial charge in [-0.15, -0.1) is 0 Å². The molecule has 1 aliphatic rings. The predicted molar refractivity (Wildman–Crippen MR) is 30.8 cm³/mol. The van der Waals surface area contributed by atoms with Crippen molar-refractivity contribution in [1.29, 1.82) is 0 Å². The van der Waals surface area contributed by atoms with Gasteiger partial charge in [0, 0.05) is 12.8 Å². The van der Waals surface area contributed by atoms with Crippen molar-refractivity contribution in [2.75, 3.05) is 0 Å². The number of hydrogen-bond donors (Lipinski definition) is 1. The Kier molecular flexibility index (Phi) is 1.17. The standard InChI is InChI=1S/C6H7NO2/c1-7-6(2-3-6)4-5(8)9/h2-4H2,(H,8,9). The molecule has 0 unspecified atom stereocenters. The molecule has 1 saturated carbocycles. The molecule has 0 aromatic rings. The highest BCUT2D eigenvalue weighted by atomic mass is 16.4. The molecule has 0 atom stereocenters. The van der Waals surface area contributed by atoms with Crippen LogP contribution in [-0.4, -0.2) is 16.6 Å². The lowest BCUT2D eigenvalue weighted by molar-refractivity contribution is -0.137. The summed E-state index contributed by atoms with van der Waals surface area (Å²) in [5, 5.41) is 8.28. The van der Waals surface area contributed by atoms with Gasteiger partial charge in [0.25, 0.3) is 0 Å². The van der Waals surface area contributed by atoms with E-state index in [0.29, 0.717) is 0 Å². The van der Waals surface area contributed by atoms with Crippen LogP contribution >= 0.6 is 0 Å². The number of hydrogen-bond acceptors (Lipinski definition) is 1. The Morgan fingerprint density at radius 1 is 1.78 bits per heavy atom. The van der Waals surface area contributed by atoms with Crippen LogP contribution in [0.4, 0.5) is 0 Å². The molecule has 0 spiro atoms. The lowest BCUT2D eigenvalue weighted by atomic mass is 10.2. The van der Waals surface area contributed by atoms with Crippen molar-refractivity contribution in [2.24, 2.45) is 0 Å². The Morgan fingerprint density at radius 2 is 2.33 bits per heavy atom. The topological polar surface area (TPSA) is 41.7 Å². The molecule has 3 nitrogen and oxygen atoms in total. The molecule has 0 bridgehead atoms. The summed E-state index contributed by atoms with van der Waals surface area (Å²) >= 11 is 0. The monoisotopic (exact) mass is 125 g/mol. The second-order valence-electron chi connectivity index (χ2n) is 2.41. The zero-order valence-electron chi connectivity index (χ0n) is 4.92. The molecule has 0 aromatic carbocycles. The van der Waals surface area contributed by atoms with Crippen LogP contribution in [0.25, 0.3) is 4.85 Å². The first-order valence-electron chi connectivity index (χ1n) is 2.79. The fraction of sp³-hybridized carbons (Fsp3) is 0.667. The van der Waals surface area contributed by atoms with Gasteiger partial charge in [0.05, 0.1) is 0 Å². The molecule has 0 aliphatic heterocycles. The van der Waals surface area contributed by atoms with Gasteiger partial charge in [0.15, 0.2) is 0 Å². The average molecular weight is 125 g/mol. The van der Waals surface area contributed by atoms with E-state index >= 15 is 0 Å². The van der Waals surface area contributed by atoms with E-state index in [4.69, 9.17) is 11.7 Å². The molecule has 0 heterocycles. The van der Waals surface area contributed by atoms with Crippen LogP contribution < -0.4 is 0 Å². The van der Waals surface area contributed by atoms with E-state index in [9.17, 15) is 4.79 Å². The summed E-state index contributed by atoms with van der Waals surface area (Å²) in [6.45, 7) is 6.62. The summed E-state index contributed by atoms with van der Waals surface area (Å²) in [5.74, 6) is -0.858. The van der Waals surface area contributed by atoms with Crippen LogP contribution in [0.5, 0.6) is 0 Å². The largest absolute Gasteiger partial charge is 0.481 e. The highest BCUT2D eigenvalue weighted by molar-refractivity contribution is 5.69. The van der Waals surface area contributed by atoms with Crippen molar-refractivity contribution in [3.8, 4) is 0 Å². The number of carboxylic acids is 1. The van der Waals surface area contributed by atoms with Crippen LogP contribution in [0.1, 0.15) is 19.3 Å². The Balaban J connectivity index is 2.45. The number of rotatable bonds is 2. The van der Waals surface area contributed by atoms with Crippen molar-refractivity contribution >= 4 is 5.97 Å². The molecule has 3 heteroatoms. The van der Waals surface area contributed by atoms with Gasteiger partial charge in [-0.05, 0) is 0 Å². The lowest BCUT2D eigenvalue weighted by Crippen LogP contribution is -2.09. The first kappa shape index (κ1) is 6.09. The highest BCUT2D eigenvalue weighted by Gasteiger charge is 2.52. The summed E-state index contributed by atoms with van der Waals surface area (Å²) < 4.78 is 0. The maximum absolute atomic E-state index is 10.1. The van der Waals surface area contributed by atoms with Crippen LogP contribution in [0, 0.1) is 6.57 Å². The minimum Gasteiger partial charge on any atom is -0.481 e. The highest BCUT2D eigenvalue weighted by Crippen LogP contribution is 2.42. The second kappa shape index (κ2) is 1.73. The van der Waals surface area contributed by atoms with Gasteiger partial charge in [-0.2, -0.15) is 0 Å². The third-order valence-electron chi connectivity index (χ3n) is 1.54. The van der Waals surface area contributed by atoms with E-state index in [1.807, 2.05) is 0 Å². The SMILES string of the molecule is [C-]#[N+]C1(CC(=O)O)CC1. The summed E-state index contributed by atoms with van der Waals surface area (Å²) in [6, 6.07) is 0. The predicted octanol–water partition coefficient (Wildman–Crippen LogP) is 0.913. The van der Waals surface area contributed by atoms with E-state index in [-0.39, 0.29) is 6.42 Å². The molecule has 1 aliphatic carbocycles. The van der Waals surface area contributed by atoms with Crippen molar-refractivity contribution in [2.45, 2.75) is 24.8 Å². The third-order valence-corrected chi connectivity index (χ3v) is 1.54. The van der Waals surface area contributed by atoms with E-state index < -0.39 is 11.5 Å². The van der Waals surface area contributed by atoms with Gasteiger partial charge in [-0.3, -0.25) is 4.79 Å². The zero-order chi connectivity index (χ0) is 6.91. The molecule has 0 aromatic heterocycles. The molecule has 1 N–H and O–H groups in total. The molecule has 1 fully saturated rings. The molecule has 0 amide bonds. The maximum Gasteiger partial charge on any atom is 0.311 e. The van der Waals surface area contributed by atoms with E-state index in [0.717, 1.165) is 12.8 Å². The van der Waals surface area contributed by atoms with E-state index in [2.05, 4.69) is 4.85 Å². The van der Waals surface area contributed by atoms with E-state index in [1.165, 1.54) is 0 Å². The van der Waals surface area contributed by atoms with Gasteiger partial charge in [0.2, 0.25) is 5.54 Å². The van der Waals surface area contributed by atoms with Crippen LogP contribution in [0.3, 0.4) is 0 Å². The first-order chi connectivity index (χ1) is 4.18. The van der Waals surface area contributed by atoms with Crippen molar-refractivity contribution in [3.63, 3.8) is 0 Å². The number of aliphatic carboxylic acids is 1. The number of carboxylic acid groups (broad SMARTS) is 1. The zero-order valence-corrected chi connectivity index (χ0v) is 4.92. The summed E-state index contributed by atoms with van der Waals surface area (Å²) in [7, 11) is 0. The second-order valence-corrected chi connectivity index (χ2v) is 2.41. The van der Waals surface area contributed by atoms with E-state index in [1.54, 1.807) is 0 Å². The molecule has 1 rings (SSSR count). The quantitative estimate of drug-likeness (QED) is 0.557. The molecule has 9 heavy (non-hydrogen) atoms. The number of carbonyl (C=O) groups is 1. The average Bonchev–Trinajstić information content (AvgIpc) is 2.48. The van der Waals surface area contributed by atoms with Gasteiger partial charge in [-0.25, -0.2) is 6.57 Å². The molecular formula is C6H7NO2. The van der Waals surface area contributed by atoms with Crippen LogP contribution in [-0.2, 0) is 4.79 Å². The molecule has 0 saturated heterocycles. The number of nitrogens with zero attached hydrogens (tertiary/aromatic N) is 1. The van der Waals surface area contributed by atoms with Gasteiger partial charge in [-0.1, -0.05) is 0 Å². The van der Waals surface area contributed by atoms with Crippen LogP contribution in [0.15, 0.2) is 0 Å². The summed E-state index contributed by atoms with van der Waals surface area (Å²) in [4.78, 5) is 13.3. The van der Waals surface area contributed by atoms with Crippen molar-refractivity contribution in [3.05, 3.63) is 11.4 Å². The first-order valence-corrected chi connectivity index (χ1v) is 2.79. The van der Waals surface area contributed by atoms with Gasteiger partial charge < -0.3 is 9.95 Å². The Morgan fingerprint density at radius 3 is 2.44 bits per heavy atom. The summed E-state index contributed by atoms with van der Waals surface area (Å²) in [6.07, 6.45) is 1.56. The van der Waals surface area contributed by atoms with Crippen molar-refractivity contribution < 1.29 is 9.90 Å². The molecule has 48 valence electrons. The Hall–Kier alpha value is -1.04. The lowest BCUT2D eigenvalue weighted by Gasteiger charge is -1.93. The minimum atomic E-state index is -0.858.